The Kier molecular flexibility index (Phi) is 3.71. The summed E-state index contributed by atoms with van der Waals surface area (Å²) < 4.78 is 24.8. The number of para-hydroxylation sites is 1. The maximum Gasteiger partial charge on any atom is 0.215 e. The van der Waals surface area contributed by atoms with E-state index in [0.29, 0.717) is 11.8 Å². The van der Waals surface area contributed by atoms with Crippen LogP contribution in [0.25, 0.3) is 0 Å². The molecule has 2 atom stereocenters. The molecule has 1 saturated carbocycles. The lowest BCUT2D eigenvalue weighted by Crippen LogP contribution is -2.51. The summed E-state index contributed by atoms with van der Waals surface area (Å²) in [7, 11) is 1.61. The summed E-state index contributed by atoms with van der Waals surface area (Å²) in [6.07, 6.45) is 5.33. The number of halogens is 1. The molecular formula is C15H20FNO2. The molecule has 3 rings (SSSR count). The molecule has 0 spiro atoms. The average Bonchev–Trinajstić information content (AvgIpc) is 2.91. The standard InChI is InChI=1S/C15H20FNO2/c1-18-15-13(17-11-6-2-3-7-11)9-10-5-4-8-12(16)14(10)19-15/h4-5,8,11,13,15,17H,2-3,6-7,9H2,1H3/t13?,15-/m1/s1. The minimum absolute atomic E-state index is 0.0994. The molecular weight excluding hydrogens is 245 g/mol. The van der Waals surface area contributed by atoms with Gasteiger partial charge in [-0.1, -0.05) is 25.0 Å². The molecule has 0 bridgehead atoms. The Bertz CT molecular complexity index is 446. The minimum atomic E-state index is -0.412. The molecule has 104 valence electrons. The Balaban J connectivity index is 1.77. The van der Waals surface area contributed by atoms with Gasteiger partial charge in [-0.3, -0.25) is 0 Å². The van der Waals surface area contributed by atoms with Gasteiger partial charge in [0.2, 0.25) is 6.29 Å². The SMILES string of the molecule is CO[C@@H]1Oc2c(F)cccc2CC1NC1CCCC1. The van der Waals surface area contributed by atoms with Gasteiger partial charge in [-0.25, -0.2) is 4.39 Å². The van der Waals surface area contributed by atoms with E-state index >= 15 is 0 Å². The van der Waals surface area contributed by atoms with Crippen LogP contribution in [-0.2, 0) is 11.2 Å². The Labute approximate surface area is 113 Å². The topological polar surface area (TPSA) is 30.5 Å². The summed E-state index contributed by atoms with van der Waals surface area (Å²) in [6, 6.07) is 5.73. The normalized spacial score (nSPS) is 27.1. The van der Waals surface area contributed by atoms with E-state index in [1.165, 1.54) is 31.7 Å². The van der Waals surface area contributed by atoms with Crippen LogP contribution in [-0.4, -0.2) is 25.5 Å². The lowest BCUT2D eigenvalue weighted by Gasteiger charge is -2.34. The predicted molar refractivity (Wildman–Crippen MR) is 70.7 cm³/mol. The van der Waals surface area contributed by atoms with Crippen molar-refractivity contribution in [1.29, 1.82) is 0 Å². The second-order valence-electron chi connectivity index (χ2n) is 5.41. The van der Waals surface area contributed by atoms with Gasteiger partial charge in [-0.15, -0.1) is 0 Å². The molecule has 1 aromatic rings. The molecule has 4 heteroatoms. The largest absolute Gasteiger partial charge is 0.460 e. The summed E-state index contributed by atoms with van der Waals surface area (Å²) in [4.78, 5) is 0. The van der Waals surface area contributed by atoms with Crippen LogP contribution in [0.15, 0.2) is 18.2 Å². The molecule has 19 heavy (non-hydrogen) atoms. The Morgan fingerprint density at radius 1 is 1.32 bits per heavy atom. The molecule has 1 aliphatic heterocycles. The van der Waals surface area contributed by atoms with Crippen LogP contribution in [0.5, 0.6) is 5.75 Å². The van der Waals surface area contributed by atoms with Crippen molar-refractivity contribution in [3.05, 3.63) is 29.6 Å². The number of hydrogen-bond acceptors (Lipinski definition) is 3. The van der Waals surface area contributed by atoms with Crippen LogP contribution in [0, 0.1) is 5.82 Å². The van der Waals surface area contributed by atoms with E-state index in [1.807, 2.05) is 6.07 Å². The van der Waals surface area contributed by atoms with E-state index in [0.717, 1.165) is 12.0 Å². The van der Waals surface area contributed by atoms with E-state index in [4.69, 9.17) is 9.47 Å². The Hall–Kier alpha value is -1.13. The van der Waals surface area contributed by atoms with E-state index in [-0.39, 0.29) is 11.9 Å². The van der Waals surface area contributed by atoms with Crippen LogP contribution in [0.3, 0.4) is 0 Å². The van der Waals surface area contributed by atoms with Gasteiger partial charge in [0, 0.05) is 13.2 Å². The molecule has 1 aliphatic carbocycles. The quantitative estimate of drug-likeness (QED) is 0.911. The summed E-state index contributed by atoms with van der Waals surface area (Å²) in [5.41, 5.74) is 0.920. The van der Waals surface area contributed by atoms with Crippen molar-refractivity contribution in [2.75, 3.05) is 7.11 Å². The third-order valence-electron chi connectivity index (χ3n) is 4.09. The van der Waals surface area contributed by atoms with Crippen LogP contribution in [0.4, 0.5) is 4.39 Å². The zero-order chi connectivity index (χ0) is 13.2. The fourth-order valence-corrected chi connectivity index (χ4v) is 3.12. The number of benzene rings is 1. The highest BCUT2D eigenvalue weighted by atomic mass is 19.1. The van der Waals surface area contributed by atoms with Gasteiger partial charge in [0.05, 0.1) is 6.04 Å². The van der Waals surface area contributed by atoms with Crippen molar-refractivity contribution in [3.8, 4) is 5.75 Å². The summed E-state index contributed by atoms with van der Waals surface area (Å²) in [5.74, 6) is 0.0395. The van der Waals surface area contributed by atoms with Gasteiger partial charge in [-0.05, 0) is 30.9 Å². The summed E-state index contributed by atoms with van der Waals surface area (Å²) in [6.45, 7) is 0. The zero-order valence-electron chi connectivity index (χ0n) is 11.2. The molecule has 3 nitrogen and oxygen atoms in total. The summed E-state index contributed by atoms with van der Waals surface area (Å²) in [5, 5.41) is 3.61. The molecule has 1 fully saturated rings. The highest BCUT2D eigenvalue weighted by molar-refractivity contribution is 5.37. The number of rotatable bonds is 3. The van der Waals surface area contributed by atoms with Crippen molar-refractivity contribution >= 4 is 0 Å². The van der Waals surface area contributed by atoms with Crippen molar-refractivity contribution in [2.24, 2.45) is 0 Å². The van der Waals surface area contributed by atoms with E-state index in [9.17, 15) is 4.39 Å². The Morgan fingerprint density at radius 3 is 2.84 bits per heavy atom. The first kappa shape index (κ1) is 12.9. The molecule has 1 unspecified atom stereocenters. The van der Waals surface area contributed by atoms with Crippen molar-refractivity contribution in [3.63, 3.8) is 0 Å². The average molecular weight is 265 g/mol. The first-order chi connectivity index (χ1) is 9.28. The molecule has 1 heterocycles. The Morgan fingerprint density at radius 2 is 2.11 bits per heavy atom. The highest BCUT2D eigenvalue weighted by Gasteiger charge is 2.33. The number of methoxy groups -OCH3 is 1. The van der Waals surface area contributed by atoms with Gasteiger partial charge in [0.15, 0.2) is 11.6 Å². The molecule has 1 N–H and O–H groups in total. The predicted octanol–water partition coefficient (Wildman–Crippen LogP) is 2.63. The highest BCUT2D eigenvalue weighted by Crippen LogP contribution is 2.31. The lowest BCUT2D eigenvalue weighted by atomic mass is 10.00. The first-order valence-electron chi connectivity index (χ1n) is 7.01. The summed E-state index contributed by atoms with van der Waals surface area (Å²) >= 11 is 0. The molecule has 0 radical (unpaired) electrons. The molecule has 0 amide bonds. The van der Waals surface area contributed by atoms with E-state index in [2.05, 4.69) is 5.32 Å². The van der Waals surface area contributed by atoms with Gasteiger partial charge in [0.25, 0.3) is 0 Å². The third kappa shape index (κ3) is 2.60. The molecule has 0 aromatic heterocycles. The van der Waals surface area contributed by atoms with Gasteiger partial charge in [-0.2, -0.15) is 0 Å². The van der Waals surface area contributed by atoms with Gasteiger partial charge < -0.3 is 14.8 Å². The fraction of sp³-hybridized carbons (Fsp3) is 0.600. The number of fused-ring (bicyclic) bond motifs is 1. The van der Waals surface area contributed by atoms with Crippen LogP contribution in [0.2, 0.25) is 0 Å². The smallest absolute Gasteiger partial charge is 0.215 e. The van der Waals surface area contributed by atoms with E-state index in [1.54, 1.807) is 13.2 Å². The van der Waals surface area contributed by atoms with Crippen LogP contribution in [0.1, 0.15) is 31.2 Å². The fourth-order valence-electron chi connectivity index (χ4n) is 3.12. The number of ether oxygens (including phenoxy) is 2. The minimum Gasteiger partial charge on any atom is -0.460 e. The van der Waals surface area contributed by atoms with E-state index < -0.39 is 6.29 Å². The van der Waals surface area contributed by atoms with Crippen LogP contribution < -0.4 is 10.1 Å². The monoisotopic (exact) mass is 265 g/mol. The zero-order valence-corrected chi connectivity index (χ0v) is 11.2. The molecule has 1 aromatic carbocycles. The third-order valence-corrected chi connectivity index (χ3v) is 4.09. The molecule has 0 saturated heterocycles. The van der Waals surface area contributed by atoms with Gasteiger partial charge >= 0.3 is 0 Å². The van der Waals surface area contributed by atoms with Crippen molar-refractivity contribution < 1.29 is 13.9 Å². The number of nitrogens with one attached hydrogen (secondary N) is 1. The maximum atomic E-state index is 13.7. The second kappa shape index (κ2) is 5.47. The maximum absolute atomic E-state index is 13.7. The molecule has 2 aliphatic rings. The second-order valence-corrected chi connectivity index (χ2v) is 5.41. The van der Waals surface area contributed by atoms with Gasteiger partial charge in [0.1, 0.15) is 0 Å². The van der Waals surface area contributed by atoms with Crippen LogP contribution >= 0.6 is 0 Å². The first-order valence-corrected chi connectivity index (χ1v) is 7.01. The number of hydrogen-bond donors (Lipinski definition) is 1. The van der Waals surface area contributed by atoms with Crippen molar-refractivity contribution in [1.82, 2.24) is 5.32 Å². The van der Waals surface area contributed by atoms with Crippen molar-refractivity contribution in [2.45, 2.75) is 50.5 Å². The lowest BCUT2D eigenvalue weighted by molar-refractivity contribution is -0.0895.